The van der Waals surface area contributed by atoms with E-state index >= 15 is 0 Å². The van der Waals surface area contributed by atoms with Crippen molar-refractivity contribution in [3.63, 3.8) is 0 Å². The topological polar surface area (TPSA) is 74.7 Å². The fraction of sp³-hybridized carbons (Fsp3) is 0.182. The van der Waals surface area contributed by atoms with Crippen molar-refractivity contribution in [3.8, 4) is 0 Å². The molecule has 0 saturated carbocycles. The number of aliphatic hydroxyl groups is 1. The summed E-state index contributed by atoms with van der Waals surface area (Å²) in [6.45, 7) is 1.30. The maximum Gasteiger partial charge on any atom is 0.504 e. The number of carbonyl (C=O) groups is 1. The Morgan fingerprint density at radius 3 is 2.56 bits per heavy atom. The first kappa shape index (κ1) is 11.7. The lowest BCUT2D eigenvalue weighted by molar-refractivity contribution is -0.140. The van der Waals surface area contributed by atoms with Gasteiger partial charge in [-0.05, 0) is 5.56 Å². The molecule has 0 saturated heterocycles. The van der Waals surface area contributed by atoms with Crippen molar-refractivity contribution in [2.24, 2.45) is 0 Å². The van der Waals surface area contributed by atoms with Crippen LogP contribution in [0, 0.1) is 5.39 Å². The van der Waals surface area contributed by atoms with Crippen LogP contribution in [0.1, 0.15) is 12.5 Å². The van der Waals surface area contributed by atoms with E-state index in [0.29, 0.717) is 0 Å². The molecule has 1 rings (SSSR count). The van der Waals surface area contributed by atoms with Gasteiger partial charge in [0.05, 0.1) is 0 Å². The number of ether oxygens (including phenoxy) is 1. The number of hydrogen-bond donors (Lipinski definition) is 1. The van der Waals surface area contributed by atoms with Crippen LogP contribution in [0.5, 0.6) is 0 Å². The molecule has 16 heavy (non-hydrogen) atoms. The van der Waals surface area contributed by atoms with Crippen LogP contribution in [0.4, 0.5) is 0 Å². The van der Waals surface area contributed by atoms with Gasteiger partial charge in [-0.1, -0.05) is 30.3 Å². The average Bonchev–Trinajstić information content (AvgIpc) is 2.28. The molecule has 0 heterocycles. The number of nitrogens with zero attached hydrogens (tertiary/aromatic N) is 2. The van der Waals surface area contributed by atoms with E-state index in [2.05, 4.69) is 4.98 Å². The van der Waals surface area contributed by atoms with E-state index in [0.717, 1.165) is 5.56 Å². The monoisotopic (exact) mass is 219 g/mol. The maximum atomic E-state index is 11.3. The third-order valence-corrected chi connectivity index (χ3v) is 1.85. The summed E-state index contributed by atoms with van der Waals surface area (Å²) in [4.78, 5) is 14.0. The van der Waals surface area contributed by atoms with E-state index in [4.69, 9.17) is 15.2 Å². The van der Waals surface area contributed by atoms with Crippen molar-refractivity contribution >= 4 is 5.97 Å². The molecular weight excluding hydrogens is 208 g/mol. The smallest absolute Gasteiger partial charge is 0.504 e. The summed E-state index contributed by atoms with van der Waals surface area (Å²) in [5.74, 6) is -1.26. The van der Waals surface area contributed by atoms with E-state index in [1.807, 2.05) is 18.2 Å². The first-order valence-corrected chi connectivity index (χ1v) is 4.61. The molecule has 82 valence electrons. The van der Waals surface area contributed by atoms with Crippen LogP contribution in [0.2, 0.25) is 0 Å². The minimum Gasteiger partial charge on any atom is -0.505 e. The summed E-state index contributed by atoms with van der Waals surface area (Å²) in [5.41, 5.74) is 0.319. The van der Waals surface area contributed by atoms with Gasteiger partial charge >= 0.3 is 11.7 Å². The van der Waals surface area contributed by atoms with Crippen LogP contribution >= 0.6 is 0 Å². The van der Waals surface area contributed by atoms with Crippen LogP contribution in [0.3, 0.4) is 0 Å². The predicted octanol–water partition coefficient (Wildman–Crippen LogP) is 2.37. The highest BCUT2D eigenvalue weighted by molar-refractivity contribution is 5.90. The first-order chi connectivity index (χ1) is 7.65. The van der Waals surface area contributed by atoms with Gasteiger partial charge in [-0.25, -0.2) is 4.79 Å². The second kappa shape index (κ2) is 5.51. The molecular formula is C11H11N2O3+. The Labute approximate surface area is 92.6 Å². The van der Waals surface area contributed by atoms with Crippen LogP contribution in [0.15, 0.2) is 41.8 Å². The van der Waals surface area contributed by atoms with E-state index in [1.54, 1.807) is 12.1 Å². The third-order valence-electron chi connectivity index (χ3n) is 1.85. The van der Waals surface area contributed by atoms with Crippen molar-refractivity contribution in [3.05, 3.63) is 52.3 Å². The van der Waals surface area contributed by atoms with Gasteiger partial charge in [0, 0.05) is 6.92 Å². The summed E-state index contributed by atoms with van der Waals surface area (Å²) in [6.07, 6.45) is 0. The van der Waals surface area contributed by atoms with E-state index in [9.17, 15) is 4.79 Å². The standard InChI is InChI=1S/C11H10N2O3/c1-8(14)10(13-12)11(15)16-7-9-5-3-2-4-6-9/h2-6H,7H2,1H3/p+1. The van der Waals surface area contributed by atoms with Gasteiger partial charge in [0.1, 0.15) is 6.61 Å². The molecule has 1 aromatic rings. The van der Waals surface area contributed by atoms with Crippen molar-refractivity contribution < 1.29 is 14.6 Å². The number of allylic oxidation sites excluding steroid dienone is 1. The molecule has 0 bridgehead atoms. The van der Waals surface area contributed by atoms with Crippen molar-refractivity contribution in [1.29, 1.82) is 5.39 Å². The number of rotatable bonds is 3. The first-order valence-electron chi connectivity index (χ1n) is 4.61. The van der Waals surface area contributed by atoms with E-state index < -0.39 is 11.7 Å². The Balaban J connectivity index is 2.61. The Hall–Kier alpha value is -2.35. The minimum absolute atomic E-state index is 0.0615. The molecule has 0 amide bonds. The molecule has 5 nitrogen and oxygen atoms in total. The molecule has 0 aliphatic carbocycles. The van der Waals surface area contributed by atoms with Gasteiger partial charge in [-0.3, -0.25) is 0 Å². The number of diazo groups is 1. The fourth-order valence-corrected chi connectivity index (χ4v) is 1.05. The highest BCUT2D eigenvalue weighted by Crippen LogP contribution is 2.08. The fourth-order valence-electron chi connectivity index (χ4n) is 1.05. The quantitative estimate of drug-likeness (QED) is 0.366. The summed E-state index contributed by atoms with van der Waals surface area (Å²) in [7, 11) is 0. The van der Waals surface area contributed by atoms with Gasteiger partial charge in [0.15, 0.2) is 10.7 Å². The summed E-state index contributed by atoms with van der Waals surface area (Å²) in [5, 5.41) is 17.5. The van der Waals surface area contributed by atoms with Crippen LogP contribution in [0.25, 0.3) is 4.98 Å². The molecule has 0 spiro atoms. The summed E-state index contributed by atoms with van der Waals surface area (Å²) < 4.78 is 4.83. The second-order valence-electron chi connectivity index (χ2n) is 3.10. The van der Waals surface area contributed by atoms with Crippen LogP contribution in [-0.4, -0.2) is 11.1 Å². The van der Waals surface area contributed by atoms with Gasteiger partial charge in [-0.15, -0.1) is 0 Å². The average molecular weight is 219 g/mol. The highest BCUT2D eigenvalue weighted by atomic mass is 16.5. The van der Waals surface area contributed by atoms with Crippen LogP contribution < -0.4 is 0 Å². The zero-order chi connectivity index (χ0) is 12.0. The molecule has 0 fully saturated rings. The molecule has 0 aliphatic heterocycles. The number of esters is 1. The normalized spacial score (nSPS) is 11.2. The van der Waals surface area contributed by atoms with Gasteiger partial charge in [-0.2, -0.15) is 0 Å². The maximum absolute atomic E-state index is 11.3. The molecule has 1 N–H and O–H groups in total. The van der Waals surface area contributed by atoms with Gasteiger partial charge in [0.25, 0.3) is 0 Å². The Kier molecular flexibility index (Phi) is 4.04. The Bertz CT molecular complexity index is 442. The van der Waals surface area contributed by atoms with Crippen LogP contribution in [-0.2, 0) is 16.1 Å². The largest absolute Gasteiger partial charge is 0.505 e. The number of carbonyl (C=O) groups excluding carboxylic acids is 1. The SMILES string of the molecule is C/C(O)=C(\[N+]#N)C(=O)OCc1ccccc1. The molecule has 0 radical (unpaired) electrons. The third kappa shape index (κ3) is 3.10. The highest BCUT2D eigenvalue weighted by Gasteiger charge is 2.28. The van der Waals surface area contributed by atoms with E-state index in [-0.39, 0.29) is 12.4 Å². The van der Waals surface area contributed by atoms with Gasteiger partial charge in [0.2, 0.25) is 5.39 Å². The Morgan fingerprint density at radius 1 is 1.44 bits per heavy atom. The van der Waals surface area contributed by atoms with Crippen molar-refractivity contribution in [2.45, 2.75) is 13.5 Å². The van der Waals surface area contributed by atoms with Gasteiger partial charge < -0.3 is 9.84 Å². The zero-order valence-electron chi connectivity index (χ0n) is 8.75. The molecule has 0 aliphatic rings. The zero-order valence-corrected chi connectivity index (χ0v) is 8.75. The molecule has 1 aromatic carbocycles. The second-order valence-corrected chi connectivity index (χ2v) is 3.10. The minimum atomic E-state index is -0.869. The van der Waals surface area contributed by atoms with E-state index in [1.165, 1.54) is 6.92 Å². The number of benzene rings is 1. The number of hydrogen-bond acceptors (Lipinski definition) is 4. The molecule has 0 aromatic heterocycles. The van der Waals surface area contributed by atoms with Crippen molar-refractivity contribution in [2.75, 3.05) is 0 Å². The predicted molar refractivity (Wildman–Crippen MR) is 56.7 cm³/mol. The summed E-state index contributed by atoms with van der Waals surface area (Å²) in [6, 6.07) is 9.05. The lowest BCUT2D eigenvalue weighted by atomic mass is 10.2. The lowest BCUT2D eigenvalue weighted by Crippen LogP contribution is -2.07. The molecule has 5 heteroatoms. The molecule has 0 unspecified atom stereocenters. The lowest BCUT2D eigenvalue weighted by Gasteiger charge is -2.00. The molecule has 0 atom stereocenters. The number of aliphatic hydroxyl groups excluding tert-OH is 1. The van der Waals surface area contributed by atoms with Crippen molar-refractivity contribution in [1.82, 2.24) is 0 Å². The Morgan fingerprint density at radius 2 is 2.06 bits per heavy atom. The summed E-state index contributed by atoms with van der Waals surface area (Å²) >= 11 is 0.